The number of hydrogen-bond donors (Lipinski definition) is 6. The van der Waals surface area contributed by atoms with Crippen LogP contribution in [0.2, 0.25) is 0 Å². The Balaban J connectivity index is 3.04. The van der Waals surface area contributed by atoms with Crippen LogP contribution in [0.1, 0.15) is 61.0 Å². The van der Waals surface area contributed by atoms with Crippen molar-refractivity contribution in [3.8, 4) is 0 Å². The van der Waals surface area contributed by atoms with Crippen molar-refractivity contribution in [2.24, 2.45) is 17.8 Å². The number of carbonyl (C=O) groups is 4. The van der Waals surface area contributed by atoms with Gasteiger partial charge in [0.2, 0.25) is 11.8 Å². The van der Waals surface area contributed by atoms with Gasteiger partial charge in [-0.2, -0.15) is 0 Å². The molecule has 1 aromatic rings. The Bertz CT molecular complexity index is 1040. The first-order valence-corrected chi connectivity index (χ1v) is 14.8. The number of benzene rings is 1. The largest absolute Gasteiger partial charge is 0.464 e. The lowest BCUT2D eigenvalue weighted by Crippen LogP contribution is -2.60. The van der Waals surface area contributed by atoms with E-state index in [2.05, 4.69) is 16.0 Å². The van der Waals surface area contributed by atoms with Crippen LogP contribution in [0.3, 0.4) is 0 Å². The fourth-order valence-electron chi connectivity index (χ4n) is 4.00. The zero-order valence-electron chi connectivity index (χ0n) is 27.0. The van der Waals surface area contributed by atoms with Gasteiger partial charge < -0.3 is 45.5 Å². The van der Waals surface area contributed by atoms with Crippen LogP contribution < -0.4 is 16.0 Å². The minimum atomic E-state index is -1.50. The lowest BCUT2D eigenvalue weighted by molar-refractivity contribution is -0.153. The van der Waals surface area contributed by atoms with Crippen molar-refractivity contribution < 1.29 is 48.7 Å². The molecule has 0 saturated carbocycles. The summed E-state index contributed by atoms with van der Waals surface area (Å²) in [5.74, 6) is -3.85. The maximum atomic E-state index is 13.3. The molecule has 1 rings (SSSR count). The molecule has 3 amide bonds. The first-order valence-electron chi connectivity index (χ1n) is 14.8. The van der Waals surface area contributed by atoms with E-state index in [0.29, 0.717) is 0 Å². The molecule has 0 aliphatic carbocycles. The average Bonchev–Trinajstić information content (AvgIpc) is 2.94. The van der Waals surface area contributed by atoms with Crippen LogP contribution in [0, 0.1) is 17.8 Å². The highest BCUT2D eigenvalue weighted by atomic mass is 16.6. The van der Waals surface area contributed by atoms with E-state index in [1.807, 2.05) is 30.3 Å². The fourth-order valence-corrected chi connectivity index (χ4v) is 4.00. The van der Waals surface area contributed by atoms with E-state index in [1.165, 1.54) is 6.92 Å². The van der Waals surface area contributed by atoms with Gasteiger partial charge in [-0.3, -0.25) is 9.59 Å². The van der Waals surface area contributed by atoms with Crippen molar-refractivity contribution in [3.63, 3.8) is 0 Å². The monoisotopic (exact) mass is 625 g/mol. The Hall–Kier alpha value is -3.26. The number of carbonyl (C=O) groups excluding carboxylic acids is 4. The molecule has 0 aliphatic heterocycles. The van der Waals surface area contributed by atoms with Crippen molar-refractivity contribution in [3.05, 3.63) is 35.9 Å². The summed E-state index contributed by atoms with van der Waals surface area (Å²) in [6.07, 6.45) is -3.14. The molecular weight excluding hydrogens is 574 g/mol. The molecule has 0 heterocycles. The molecule has 0 unspecified atom stereocenters. The van der Waals surface area contributed by atoms with Gasteiger partial charge in [-0.25, -0.2) is 9.59 Å². The summed E-state index contributed by atoms with van der Waals surface area (Å²) < 4.78 is 16.3. The van der Waals surface area contributed by atoms with Gasteiger partial charge in [-0.05, 0) is 39.2 Å². The van der Waals surface area contributed by atoms with Crippen LogP contribution in [-0.4, -0.2) is 95.0 Å². The predicted octanol–water partition coefficient (Wildman–Crippen LogP) is 1.27. The third-order valence-corrected chi connectivity index (χ3v) is 6.62. The van der Waals surface area contributed by atoms with Crippen LogP contribution in [0.5, 0.6) is 0 Å². The van der Waals surface area contributed by atoms with Gasteiger partial charge in [0.15, 0.2) is 6.04 Å². The minimum absolute atomic E-state index is 0.132. The number of aliphatic hydroxyl groups excluding tert-OH is 3. The Morgan fingerprint density at radius 1 is 0.818 bits per heavy atom. The molecule has 0 saturated heterocycles. The highest BCUT2D eigenvalue weighted by Gasteiger charge is 2.35. The molecule has 250 valence electrons. The second-order valence-corrected chi connectivity index (χ2v) is 12.4. The van der Waals surface area contributed by atoms with Gasteiger partial charge in [0, 0.05) is 18.4 Å². The third kappa shape index (κ3) is 14.0. The standard InChI is InChI=1S/C31H51N3O10/c1-18(2)24(34-30(41)44-31(6,7)8)27(38)33-25(21(5)36)28(39)32-23(17-42-16-22-12-10-9-11-13-22)29(40)43-15-20(4)26(37)19(3)14-35/h9-13,18-21,23-26,35-37H,14-17H2,1-8H3,(H,32,39)(H,33,38)(H,34,41)/t19-,20-,21+,23-,24-,25-,26-/m0/s1. The summed E-state index contributed by atoms with van der Waals surface area (Å²) in [6, 6.07) is 5.22. The lowest BCUT2D eigenvalue weighted by atomic mass is 9.95. The highest BCUT2D eigenvalue weighted by Crippen LogP contribution is 2.14. The second-order valence-electron chi connectivity index (χ2n) is 12.4. The zero-order valence-corrected chi connectivity index (χ0v) is 27.0. The van der Waals surface area contributed by atoms with E-state index in [4.69, 9.17) is 14.2 Å². The maximum Gasteiger partial charge on any atom is 0.408 e. The van der Waals surface area contributed by atoms with Crippen molar-refractivity contribution in [1.82, 2.24) is 16.0 Å². The molecular formula is C31H51N3O10. The molecule has 0 fully saturated rings. The van der Waals surface area contributed by atoms with E-state index in [1.54, 1.807) is 48.5 Å². The Kier molecular flexibility index (Phi) is 16.3. The van der Waals surface area contributed by atoms with Gasteiger partial charge in [-0.15, -0.1) is 0 Å². The molecule has 6 N–H and O–H groups in total. The molecule has 7 atom stereocenters. The van der Waals surface area contributed by atoms with Crippen LogP contribution in [0.25, 0.3) is 0 Å². The number of esters is 1. The summed E-state index contributed by atoms with van der Waals surface area (Å²) in [5, 5.41) is 37.5. The highest BCUT2D eigenvalue weighted by molar-refractivity contribution is 5.93. The maximum absolute atomic E-state index is 13.3. The zero-order chi connectivity index (χ0) is 33.6. The summed E-state index contributed by atoms with van der Waals surface area (Å²) >= 11 is 0. The first kappa shape index (κ1) is 38.8. The van der Waals surface area contributed by atoms with E-state index in [9.17, 15) is 34.5 Å². The first-order chi connectivity index (χ1) is 20.5. The van der Waals surface area contributed by atoms with Crippen LogP contribution in [0.4, 0.5) is 4.79 Å². The van der Waals surface area contributed by atoms with Crippen molar-refractivity contribution in [2.45, 2.75) is 97.9 Å². The number of nitrogens with one attached hydrogen (secondary N) is 3. The van der Waals surface area contributed by atoms with Gasteiger partial charge >= 0.3 is 12.1 Å². The summed E-state index contributed by atoms with van der Waals surface area (Å²) in [4.78, 5) is 51.9. The molecule has 0 bridgehead atoms. The molecule has 0 aliphatic rings. The second kappa shape index (κ2) is 18.5. The summed E-state index contributed by atoms with van der Waals surface area (Å²) in [6.45, 7) is 12.4. The van der Waals surface area contributed by atoms with Gasteiger partial charge in [0.25, 0.3) is 0 Å². The topological polar surface area (TPSA) is 193 Å². The molecule has 0 spiro atoms. The van der Waals surface area contributed by atoms with Crippen LogP contribution >= 0.6 is 0 Å². The fraction of sp³-hybridized carbons (Fsp3) is 0.677. The van der Waals surface area contributed by atoms with Crippen LogP contribution in [-0.2, 0) is 35.2 Å². The van der Waals surface area contributed by atoms with Crippen molar-refractivity contribution in [2.75, 3.05) is 19.8 Å². The number of ether oxygens (including phenoxy) is 3. The van der Waals surface area contributed by atoms with Gasteiger partial charge in [-0.1, -0.05) is 58.0 Å². The lowest BCUT2D eigenvalue weighted by Gasteiger charge is -2.29. The number of amides is 3. The van der Waals surface area contributed by atoms with Crippen molar-refractivity contribution in [1.29, 1.82) is 0 Å². The Morgan fingerprint density at radius 3 is 1.93 bits per heavy atom. The molecule has 44 heavy (non-hydrogen) atoms. The SMILES string of the molecule is CC(C)[C@H](NC(=O)OC(C)(C)C)C(=O)N[C@H](C(=O)N[C@@H](COCc1ccccc1)C(=O)OC[C@H](C)[C@@H](O)[C@@H](C)CO)[C@@H](C)O. The smallest absolute Gasteiger partial charge is 0.408 e. The Morgan fingerprint density at radius 2 is 1.41 bits per heavy atom. The quantitative estimate of drug-likeness (QED) is 0.137. The van der Waals surface area contributed by atoms with Crippen molar-refractivity contribution >= 4 is 23.9 Å². The van der Waals surface area contributed by atoms with Crippen LogP contribution in [0.15, 0.2) is 30.3 Å². The van der Waals surface area contributed by atoms with Gasteiger partial charge in [0.05, 0.1) is 32.0 Å². The molecule has 13 heteroatoms. The van der Waals surface area contributed by atoms with Gasteiger partial charge in [0.1, 0.15) is 17.7 Å². The Labute approximate surface area is 260 Å². The number of hydrogen-bond acceptors (Lipinski definition) is 10. The number of aliphatic hydroxyl groups is 3. The number of rotatable bonds is 17. The molecule has 0 aromatic heterocycles. The van der Waals surface area contributed by atoms with E-state index >= 15 is 0 Å². The summed E-state index contributed by atoms with van der Waals surface area (Å²) in [5.41, 5.74) is 0.0236. The molecule has 0 radical (unpaired) electrons. The molecule has 1 aromatic carbocycles. The summed E-state index contributed by atoms with van der Waals surface area (Å²) in [7, 11) is 0. The third-order valence-electron chi connectivity index (χ3n) is 6.62. The normalized spacial score (nSPS) is 16.5. The predicted molar refractivity (Wildman–Crippen MR) is 162 cm³/mol. The van der Waals surface area contributed by atoms with E-state index in [-0.39, 0.29) is 26.4 Å². The van der Waals surface area contributed by atoms with E-state index in [0.717, 1.165) is 5.56 Å². The average molecular weight is 626 g/mol. The molecule has 13 nitrogen and oxygen atoms in total. The van der Waals surface area contributed by atoms with E-state index < -0.39 is 77.6 Å². The number of alkyl carbamates (subject to hydrolysis) is 1. The minimum Gasteiger partial charge on any atom is -0.464 e.